The van der Waals surface area contributed by atoms with Crippen LogP contribution in [0, 0.1) is 24.6 Å². The van der Waals surface area contributed by atoms with E-state index in [0.717, 1.165) is 5.69 Å². The highest BCUT2D eigenvalue weighted by Gasteiger charge is 2.35. The van der Waals surface area contributed by atoms with E-state index in [-0.39, 0.29) is 29.8 Å². The Balaban J connectivity index is 1.61. The molecule has 2 aromatic rings. The van der Waals surface area contributed by atoms with Crippen LogP contribution in [-0.2, 0) is 9.59 Å². The number of aryl methyl sites for hydroxylation is 1. The topological polar surface area (TPSA) is 78.1 Å². The first-order chi connectivity index (χ1) is 14.8. The SMILES string of the molecule is Cc1cc(-c2ccc(F)c(NC(=O)C3=CN(C)C(=O)CC3C3C=CC(F)=CC3)c2)n[nH]1. The number of hydrogen-bond acceptors (Lipinski definition) is 3. The number of nitrogens with zero attached hydrogens (tertiary/aromatic N) is 2. The molecule has 2 atom stereocenters. The lowest BCUT2D eigenvalue weighted by atomic mass is 9.78. The molecule has 0 saturated heterocycles. The summed E-state index contributed by atoms with van der Waals surface area (Å²) in [6, 6.07) is 6.20. The molecule has 2 amide bonds. The average Bonchev–Trinajstić information content (AvgIpc) is 3.18. The van der Waals surface area contributed by atoms with E-state index in [0.29, 0.717) is 23.3 Å². The van der Waals surface area contributed by atoms with Crippen molar-refractivity contribution in [2.75, 3.05) is 12.4 Å². The summed E-state index contributed by atoms with van der Waals surface area (Å²) in [5, 5.41) is 9.63. The fourth-order valence-electron chi connectivity index (χ4n) is 3.88. The van der Waals surface area contributed by atoms with Crippen LogP contribution in [0.15, 0.2) is 60.1 Å². The van der Waals surface area contributed by atoms with Crippen LogP contribution in [-0.4, -0.2) is 34.0 Å². The lowest BCUT2D eigenvalue weighted by Gasteiger charge is -2.32. The number of H-pyrrole nitrogens is 1. The third kappa shape index (κ3) is 4.33. The molecule has 2 N–H and O–H groups in total. The van der Waals surface area contributed by atoms with E-state index in [1.165, 1.54) is 35.4 Å². The molecule has 1 aromatic carbocycles. The number of anilines is 1. The maximum absolute atomic E-state index is 14.5. The van der Waals surface area contributed by atoms with Crippen molar-refractivity contribution >= 4 is 17.5 Å². The number of hydrogen-bond donors (Lipinski definition) is 2. The number of aromatic nitrogens is 2. The van der Waals surface area contributed by atoms with Gasteiger partial charge in [-0.25, -0.2) is 8.78 Å². The lowest BCUT2D eigenvalue weighted by Crippen LogP contribution is -2.37. The van der Waals surface area contributed by atoms with Gasteiger partial charge in [0.25, 0.3) is 5.91 Å². The molecule has 0 spiro atoms. The first-order valence-corrected chi connectivity index (χ1v) is 9.96. The number of allylic oxidation sites excluding steroid dienone is 4. The number of benzene rings is 1. The lowest BCUT2D eigenvalue weighted by molar-refractivity contribution is -0.129. The molecule has 1 aliphatic carbocycles. The Kier molecular flexibility index (Phi) is 5.54. The molecule has 0 bridgehead atoms. The summed E-state index contributed by atoms with van der Waals surface area (Å²) < 4.78 is 27.9. The van der Waals surface area contributed by atoms with E-state index in [4.69, 9.17) is 0 Å². The van der Waals surface area contributed by atoms with Crippen molar-refractivity contribution in [1.29, 1.82) is 0 Å². The van der Waals surface area contributed by atoms with Gasteiger partial charge in [-0.2, -0.15) is 5.10 Å². The fourth-order valence-corrected chi connectivity index (χ4v) is 3.88. The molecule has 8 heteroatoms. The van der Waals surface area contributed by atoms with E-state index in [9.17, 15) is 18.4 Å². The van der Waals surface area contributed by atoms with Gasteiger partial charge in [-0.05, 0) is 55.7 Å². The van der Waals surface area contributed by atoms with Crippen LogP contribution in [0.2, 0.25) is 0 Å². The van der Waals surface area contributed by atoms with Crippen molar-refractivity contribution in [2.45, 2.75) is 19.8 Å². The molecule has 2 aliphatic rings. The molecule has 1 aliphatic heterocycles. The molecule has 2 unspecified atom stereocenters. The van der Waals surface area contributed by atoms with Crippen molar-refractivity contribution in [3.63, 3.8) is 0 Å². The second kappa shape index (κ2) is 8.29. The highest BCUT2D eigenvalue weighted by atomic mass is 19.1. The molecule has 1 aromatic heterocycles. The molecular formula is C23H22F2N4O2. The minimum Gasteiger partial charge on any atom is -0.322 e. The molecule has 0 radical (unpaired) electrons. The van der Waals surface area contributed by atoms with Crippen molar-refractivity contribution in [2.24, 2.45) is 11.8 Å². The highest BCUT2D eigenvalue weighted by molar-refractivity contribution is 6.05. The van der Waals surface area contributed by atoms with Crippen LogP contribution >= 0.6 is 0 Å². The Morgan fingerprint density at radius 3 is 2.77 bits per heavy atom. The van der Waals surface area contributed by atoms with E-state index in [1.54, 1.807) is 19.2 Å². The Labute approximate surface area is 178 Å². The predicted molar refractivity (Wildman–Crippen MR) is 113 cm³/mol. The number of aromatic amines is 1. The van der Waals surface area contributed by atoms with Crippen molar-refractivity contribution < 1.29 is 18.4 Å². The number of rotatable bonds is 4. The van der Waals surface area contributed by atoms with E-state index >= 15 is 0 Å². The summed E-state index contributed by atoms with van der Waals surface area (Å²) in [5.41, 5.74) is 2.52. The van der Waals surface area contributed by atoms with Gasteiger partial charge in [0.15, 0.2) is 0 Å². The molecule has 0 saturated carbocycles. The first kappa shape index (κ1) is 20.7. The standard InChI is InChI=1S/C23H22F2N4O2/c1-13-9-20(28-27-13)15-5-8-19(25)21(10-15)26-23(31)18-12-29(2)22(30)11-17(18)14-3-6-16(24)7-4-14/h3,5-10,12,14,17H,4,11H2,1-2H3,(H,26,31)(H,27,28). The summed E-state index contributed by atoms with van der Waals surface area (Å²) in [6.45, 7) is 1.86. The predicted octanol–water partition coefficient (Wildman–Crippen LogP) is 4.25. The second-order valence-electron chi connectivity index (χ2n) is 7.83. The van der Waals surface area contributed by atoms with Crippen LogP contribution in [0.3, 0.4) is 0 Å². The molecule has 4 rings (SSSR count). The summed E-state index contributed by atoms with van der Waals surface area (Å²) in [6.07, 6.45) is 6.46. The number of amides is 2. The van der Waals surface area contributed by atoms with Crippen LogP contribution < -0.4 is 5.32 Å². The van der Waals surface area contributed by atoms with Gasteiger partial charge in [0.1, 0.15) is 11.6 Å². The maximum Gasteiger partial charge on any atom is 0.253 e. The summed E-state index contributed by atoms with van der Waals surface area (Å²) >= 11 is 0. The molecule has 6 nitrogen and oxygen atoms in total. The zero-order valence-electron chi connectivity index (χ0n) is 17.2. The third-order valence-electron chi connectivity index (χ3n) is 5.60. The zero-order chi connectivity index (χ0) is 22.1. The normalized spacial score (nSPS) is 21.0. The Hall–Kier alpha value is -3.55. The average molecular weight is 424 g/mol. The Bertz CT molecular complexity index is 1130. The summed E-state index contributed by atoms with van der Waals surface area (Å²) in [4.78, 5) is 26.7. The minimum absolute atomic E-state index is 0.0208. The number of carbonyl (C=O) groups excluding carboxylic acids is 2. The van der Waals surface area contributed by atoms with Crippen LogP contribution in [0.5, 0.6) is 0 Å². The minimum atomic E-state index is -0.579. The quantitative estimate of drug-likeness (QED) is 0.770. The summed E-state index contributed by atoms with van der Waals surface area (Å²) in [7, 11) is 1.57. The number of carbonyl (C=O) groups is 2. The van der Waals surface area contributed by atoms with Gasteiger partial charge in [0, 0.05) is 42.4 Å². The molecular weight excluding hydrogens is 402 g/mol. The van der Waals surface area contributed by atoms with E-state index < -0.39 is 17.6 Å². The van der Waals surface area contributed by atoms with E-state index in [2.05, 4.69) is 15.5 Å². The molecule has 2 heterocycles. The zero-order valence-corrected chi connectivity index (χ0v) is 17.2. The van der Waals surface area contributed by atoms with E-state index in [1.807, 2.05) is 13.0 Å². The fraction of sp³-hybridized carbons (Fsp3) is 0.261. The summed E-state index contributed by atoms with van der Waals surface area (Å²) in [5.74, 6) is -2.17. The van der Waals surface area contributed by atoms with Gasteiger partial charge in [-0.1, -0.05) is 6.08 Å². The van der Waals surface area contributed by atoms with Crippen LogP contribution in [0.25, 0.3) is 11.3 Å². The molecule has 31 heavy (non-hydrogen) atoms. The first-order valence-electron chi connectivity index (χ1n) is 9.96. The van der Waals surface area contributed by atoms with Crippen molar-refractivity contribution in [3.05, 3.63) is 71.6 Å². The van der Waals surface area contributed by atoms with Crippen LogP contribution in [0.4, 0.5) is 14.5 Å². The Morgan fingerprint density at radius 2 is 2.10 bits per heavy atom. The van der Waals surface area contributed by atoms with Crippen molar-refractivity contribution in [1.82, 2.24) is 15.1 Å². The van der Waals surface area contributed by atoms with Gasteiger partial charge >= 0.3 is 0 Å². The smallest absolute Gasteiger partial charge is 0.253 e. The third-order valence-corrected chi connectivity index (χ3v) is 5.60. The van der Waals surface area contributed by atoms with Gasteiger partial charge in [-0.3, -0.25) is 14.7 Å². The molecule has 0 fully saturated rings. The monoisotopic (exact) mass is 424 g/mol. The number of nitrogens with one attached hydrogen (secondary N) is 2. The Morgan fingerprint density at radius 1 is 1.29 bits per heavy atom. The maximum atomic E-state index is 14.5. The van der Waals surface area contributed by atoms with Gasteiger partial charge in [0.05, 0.1) is 11.4 Å². The largest absolute Gasteiger partial charge is 0.322 e. The number of halogens is 2. The van der Waals surface area contributed by atoms with Crippen LogP contribution in [0.1, 0.15) is 18.5 Å². The van der Waals surface area contributed by atoms with Gasteiger partial charge < -0.3 is 10.2 Å². The highest BCUT2D eigenvalue weighted by Crippen LogP contribution is 2.36. The van der Waals surface area contributed by atoms with Gasteiger partial charge in [0.2, 0.25) is 5.91 Å². The van der Waals surface area contributed by atoms with Gasteiger partial charge in [-0.15, -0.1) is 0 Å². The second-order valence-corrected chi connectivity index (χ2v) is 7.83. The van der Waals surface area contributed by atoms with Crippen molar-refractivity contribution in [3.8, 4) is 11.3 Å². The molecule has 160 valence electrons.